The molecule has 2 saturated heterocycles. The molecule has 4 heteroatoms. The number of nitrogens with one attached hydrogen (secondary N) is 1. The van der Waals surface area contributed by atoms with E-state index in [1.165, 1.54) is 19.3 Å². The normalized spacial score (nSPS) is 40.7. The number of morpholine rings is 1. The molecule has 19 heavy (non-hydrogen) atoms. The summed E-state index contributed by atoms with van der Waals surface area (Å²) in [5.74, 6) is 0. The van der Waals surface area contributed by atoms with Crippen molar-refractivity contribution in [2.24, 2.45) is 5.41 Å². The minimum Gasteiger partial charge on any atom is -0.381 e. The summed E-state index contributed by atoms with van der Waals surface area (Å²) >= 11 is 0. The van der Waals surface area contributed by atoms with E-state index in [9.17, 15) is 0 Å². The summed E-state index contributed by atoms with van der Waals surface area (Å²) in [6.07, 6.45) is 4.65. The second kappa shape index (κ2) is 5.68. The molecule has 0 aromatic rings. The quantitative estimate of drug-likeness (QED) is 0.814. The van der Waals surface area contributed by atoms with E-state index in [2.05, 4.69) is 24.1 Å². The largest absolute Gasteiger partial charge is 0.381 e. The van der Waals surface area contributed by atoms with E-state index in [0.717, 1.165) is 45.4 Å². The second-order valence-corrected chi connectivity index (χ2v) is 6.91. The minimum absolute atomic E-state index is 0.333. The van der Waals surface area contributed by atoms with Gasteiger partial charge in [-0.2, -0.15) is 0 Å². The van der Waals surface area contributed by atoms with Crippen molar-refractivity contribution in [2.45, 2.75) is 51.4 Å². The third kappa shape index (κ3) is 3.69. The van der Waals surface area contributed by atoms with Crippen molar-refractivity contribution in [3.05, 3.63) is 0 Å². The van der Waals surface area contributed by atoms with Crippen LogP contribution >= 0.6 is 0 Å². The minimum atomic E-state index is 0.333. The van der Waals surface area contributed by atoms with Gasteiger partial charge in [-0.15, -0.1) is 0 Å². The van der Waals surface area contributed by atoms with Crippen molar-refractivity contribution in [3.63, 3.8) is 0 Å². The summed E-state index contributed by atoms with van der Waals surface area (Å²) in [4.78, 5) is 2.59. The van der Waals surface area contributed by atoms with Crippen LogP contribution in [-0.2, 0) is 9.47 Å². The summed E-state index contributed by atoms with van der Waals surface area (Å²) in [7, 11) is 0. The number of hydrogen-bond acceptors (Lipinski definition) is 4. The van der Waals surface area contributed by atoms with Gasteiger partial charge in [0, 0.05) is 44.2 Å². The van der Waals surface area contributed by atoms with Crippen LogP contribution in [0, 0.1) is 5.41 Å². The van der Waals surface area contributed by atoms with Crippen molar-refractivity contribution in [2.75, 3.05) is 39.4 Å². The fourth-order valence-corrected chi connectivity index (χ4v) is 3.51. The van der Waals surface area contributed by atoms with Gasteiger partial charge in [-0.1, -0.05) is 0 Å². The topological polar surface area (TPSA) is 33.7 Å². The molecule has 0 radical (unpaired) electrons. The van der Waals surface area contributed by atoms with E-state index in [1.807, 2.05) is 0 Å². The van der Waals surface area contributed by atoms with Crippen LogP contribution in [0.3, 0.4) is 0 Å². The summed E-state index contributed by atoms with van der Waals surface area (Å²) < 4.78 is 11.5. The smallest absolute Gasteiger partial charge is 0.0678 e. The second-order valence-electron chi connectivity index (χ2n) is 6.91. The van der Waals surface area contributed by atoms with Gasteiger partial charge in [0.1, 0.15) is 0 Å². The van der Waals surface area contributed by atoms with Crippen molar-refractivity contribution >= 4 is 0 Å². The van der Waals surface area contributed by atoms with Gasteiger partial charge in [0.25, 0.3) is 0 Å². The molecule has 3 rings (SSSR count). The Morgan fingerprint density at radius 2 is 1.95 bits per heavy atom. The van der Waals surface area contributed by atoms with Gasteiger partial charge in [0.2, 0.25) is 0 Å². The Hall–Kier alpha value is -0.160. The average Bonchev–Trinajstić information content (AvgIpc) is 3.06. The molecule has 0 aromatic heterocycles. The molecule has 0 spiro atoms. The maximum Gasteiger partial charge on any atom is 0.0678 e. The number of rotatable bonds is 5. The molecule has 2 heterocycles. The van der Waals surface area contributed by atoms with E-state index in [4.69, 9.17) is 9.47 Å². The maximum atomic E-state index is 5.83. The first kappa shape index (κ1) is 13.8. The van der Waals surface area contributed by atoms with Crippen LogP contribution in [-0.4, -0.2) is 62.5 Å². The molecule has 3 fully saturated rings. The molecule has 3 atom stereocenters. The highest BCUT2D eigenvalue weighted by atomic mass is 16.5. The average molecular weight is 268 g/mol. The van der Waals surface area contributed by atoms with Crippen molar-refractivity contribution in [3.8, 4) is 0 Å². The van der Waals surface area contributed by atoms with Crippen LogP contribution in [0.1, 0.15) is 33.1 Å². The summed E-state index contributed by atoms with van der Waals surface area (Å²) in [5, 5.41) is 3.71. The van der Waals surface area contributed by atoms with E-state index in [-0.39, 0.29) is 0 Å². The summed E-state index contributed by atoms with van der Waals surface area (Å²) in [5.41, 5.74) is 0.333. The highest BCUT2D eigenvalue weighted by molar-refractivity contribution is 4.93. The first-order chi connectivity index (χ1) is 9.15. The molecular weight excluding hydrogens is 240 g/mol. The fourth-order valence-electron chi connectivity index (χ4n) is 3.51. The molecule has 0 amide bonds. The van der Waals surface area contributed by atoms with E-state index in [0.29, 0.717) is 17.6 Å². The lowest BCUT2D eigenvalue weighted by Crippen LogP contribution is -2.52. The van der Waals surface area contributed by atoms with Gasteiger partial charge in [0.05, 0.1) is 18.8 Å². The Bertz CT molecular complexity index is 291. The van der Waals surface area contributed by atoms with E-state index >= 15 is 0 Å². The lowest BCUT2D eigenvalue weighted by molar-refractivity contribution is -0.0780. The lowest BCUT2D eigenvalue weighted by Gasteiger charge is -2.40. The molecule has 1 saturated carbocycles. The first-order valence-corrected chi connectivity index (χ1v) is 7.84. The van der Waals surface area contributed by atoms with Gasteiger partial charge in [-0.05, 0) is 33.1 Å². The Balaban J connectivity index is 1.56. The van der Waals surface area contributed by atoms with Gasteiger partial charge >= 0.3 is 0 Å². The molecule has 110 valence electrons. The Kier molecular flexibility index (Phi) is 4.13. The van der Waals surface area contributed by atoms with Crippen molar-refractivity contribution in [1.29, 1.82) is 0 Å². The first-order valence-electron chi connectivity index (χ1n) is 7.84. The molecule has 3 aliphatic rings. The molecule has 0 bridgehead atoms. The highest BCUT2D eigenvalue weighted by Crippen LogP contribution is 2.31. The van der Waals surface area contributed by atoms with Crippen LogP contribution in [0.2, 0.25) is 0 Å². The molecular formula is C15H28N2O2. The third-order valence-corrected chi connectivity index (χ3v) is 4.58. The van der Waals surface area contributed by atoms with Crippen LogP contribution in [0.25, 0.3) is 0 Å². The Labute approximate surface area is 116 Å². The van der Waals surface area contributed by atoms with Gasteiger partial charge in [-0.25, -0.2) is 0 Å². The molecule has 2 aliphatic heterocycles. The predicted octanol–water partition coefficient (Wildman–Crippen LogP) is 1.25. The van der Waals surface area contributed by atoms with Crippen LogP contribution in [0.5, 0.6) is 0 Å². The van der Waals surface area contributed by atoms with Gasteiger partial charge in [-0.3, -0.25) is 4.90 Å². The van der Waals surface area contributed by atoms with Crippen LogP contribution < -0.4 is 5.32 Å². The maximum absolute atomic E-state index is 5.83. The standard InChI is InChI=1S/C15H28N2O2/c1-12-7-17(8-13(2)19-12)10-15(5-6-18-11-15)9-16-14-3-4-14/h12-14,16H,3-11H2,1-2H3. The molecule has 1 N–H and O–H groups in total. The predicted molar refractivity (Wildman–Crippen MR) is 75.3 cm³/mol. The zero-order valence-corrected chi connectivity index (χ0v) is 12.4. The van der Waals surface area contributed by atoms with Gasteiger partial charge < -0.3 is 14.8 Å². The SMILES string of the molecule is CC1CN(CC2(CNC3CC3)CCOC2)CC(C)O1. The number of ether oxygens (including phenoxy) is 2. The Morgan fingerprint density at radius 1 is 1.21 bits per heavy atom. The third-order valence-electron chi connectivity index (χ3n) is 4.58. The van der Waals surface area contributed by atoms with Crippen LogP contribution in [0.15, 0.2) is 0 Å². The fraction of sp³-hybridized carbons (Fsp3) is 1.00. The van der Waals surface area contributed by atoms with E-state index < -0.39 is 0 Å². The molecule has 1 aliphatic carbocycles. The summed E-state index contributed by atoms with van der Waals surface area (Å²) in [6, 6.07) is 0.792. The van der Waals surface area contributed by atoms with Crippen molar-refractivity contribution in [1.82, 2.24) is 10.2 Å². The van der Waals surface area contributed by atoms with Crippen LogP contribution in [0.4, 0.5) is 0 Å². The zero-order valence-electron chi connectivity index (χ0n) is 12.4. The highest BCUT2D eigenvalue weighted by Gasteiger charge is 2.39. The number of nitrogens with zero attached hydrogens (tertiary/aromatic N) is 1. The monoisotopic (exact) mass is 268 g/mol. The zero-order chi connectivity index (χ0) is 13.3. The molecule has 4 nitrogen and oxygen atoms in total. The Morgan fingerprint density at radius 3 is 2.53 bits per heavy atom. The number of hydrogen-bond donors (Lipinski definition) is 1. The molecule has 0 aromatic carbocycles. The lowest BCUT2D eigenvalue weighted by atomic mass is 9.86. The summed E-state index contributed by atoms with van der Waals surface area (Å²) in [6.45, 7) is 10.6. The van der Waals surface area contributed by atoms with Gasteiger partial charge in [0.15, 0.2) is 0 Å². The molecule has 3 unspecified atom stereocenters. The van der Waals surface area contributed by atoms with E-state index in [1.54, 1.807) is 0 Å². The van der Waals surface area contributed by atoms with Crippen molar-refractivity contribution < 1.29 is 9.47 Å².